The SMILES string of the molecule is CC(CCl)NC(=O)c1ccc(Cl)cc1[N+](=O)[O-]. The van der Waals surface area contributed by atoms with Crippen LogP contribution in [0.25, 0.3) is 0 Å². The number of amides is 1. The number of alkyl halides is 1. The second-order valence-electron chi connectivity index (χ2n) is 3.45. The quantitative estimate of drug-likeness (QED) is 0.522. The van der Waals surface area contributed by atoms with E-state index in [1.807, 2.05) is 0 Å². The van der Waals surface area contributed by atoms with Crippen LogP contribution in [0.2, 0.25) is 5.02 Å². The normalized spacial score (nSPS) is 11.9. The van der Waals surface area contributed by atoms with Gasteiger partial charge in [0, 0.05) is 23.0 Å². The highest BCUT2D eigenvalue weighted by Gasteiger charge is 2.21. The highest BCUT2D eigenvalue weighted by Crippen LogP contribution is 2.23. The number of hydrogen-bond donors (Lipinski definition) is 1. The average molecular weight is 277 g/mol. The predicted octanol–water partition coefficient (Wildman–Crippen LogP) is 2.61. The molecule has 1 amide bonds. The highest BCUT2D eigenvalue weighted by atomic mass is 35.5. The molecule has 1 rings (SSSR count). The molecule has 1 aromatic rings. The minimum absolute atomic E-state index is 0.0311. The molecular weight excluding hydrogens is 267 g/mol. The van der Waals surface area contributed by atoms with E-state index >= 15 is 0 Å². The Balaban J connectivity index is 3.04. The number of carbonyl (C=O) groups excluding carboxylic acids is 1. The fraction of sp³-hybridized carbons (Fsp3) is 0.300. The topological polar surface area (TPSA) is 72.2 Å². The lowest BCUT2D eigenvalue weighted by Crippen LogP contribution is -2.34. The maximum atomic E-state index is 11.7. The lowest BCUT2D eigenvalue weighted by molar-refractivity contribution is -0.385. The Morgan fingerprint density at radius 1 is 1.59 bits per heavy atom. The number of rotatable bonds is 4. The molecule has 0 spiro atoms. The number of carbonyl (C=O) groups is 1. The van der Waals surface area contributed by atoms with Gasteiger partial charge in [-0.25, -0.2) is 0 Å². The van der Waals surface area contributed by atoms with Crippen LogP contribution in [-0.4, -0.2) is 22.8 Å². The molecular formula is C10H10Cl2N2O3. The molecule has 0 saturated carbocycles. The molecule has 7 heteroatoms. The zero-order chi connectivity index (χ0) is 13.0. The Morgan fingerprint density at radius 3 is 2.76 bits per heavy atom. The van der Waals surface area contributed by atoms with Gasteiger partial charge < -0.3 is 5.32 Å². The summed E-state index contributed by atoms with van der Waals surface area (Å²) >= 11 is 11.2. The summed E-state index contributed by atoms with van der Waals surface area (Å²) in [5.41, 5.74) is -0.354. The number of halogens is 2. The minimum Gasteiger partial charge on any atom is -0.348 e. The van der Waals surface area contributed by atoms with E-state index in [1.54, 1.807) is 6.92 Å². The van der Waals surface area contributed by atoms with Crippen molar-refractivity contribution in [1.82, 2.24) is 5.32 Å². The molecule has 0 heterocycles. The second-order valence-corrected chi connectivity index (χ2v) is 4.19. The molecule has 0 saturated heterocycles. The molecule has 0 aromatic heterocycles. The van der Waals surface area contributed by atoms with E-state index in [0.29, 0.717) is 0 Å². The molecule has 0 aliphatic heterocycles. The number of nitrogens with one attached hydrogen (secondary N) is 1. The van der Waals surface area contributed by atoms with Crippen molar-refractivity contribution in [3.63, 3.8) is 0 Å². The lowest BCUT2D eigenvalue weighted by Gasteiger charge is -2.10. The summed E-state index contributed by atoms with van der Waals surface area (Å²) in [5, 5.41) is 13.5. The van der Waals surface area contributed by atoms with Crippen LogP contribution in [0.4, 0.5) is 5.69 Å². The van der Waals surface area contributed by atoms with Crippen molar-refractivity contribution in [1.29, 1.82) is 0 Å². The first kappa shape index (κ1) is 13.7. The third-order valence-electron chi connectivity index (χ3n) is 2.01. The van der Waals surface area contributed by atoms with Gasteiger partial charge in [-0.2, -0.15) is 0 Å². The molecule has 1 unspecified atom stereocenters. The minimum atomic E-state index is -0.647. The summed E-state index contributed by atoms with van der Waals surface area (Å²) in [7, 11) is 0. The molecule has 1 N–H and O–H groups in total. The van der Waals surface area contributed by atoms with E-state index in [1.165, 1.54) is 12.1 Å². The van der Waals surface area contributed by atoms with Crippen LogP contribution >= 0.6 is 23.2 Å². The fourth-order valence-electron chi connectivity index (χ4n) is 1.19. The molecule has 5 nitrogen and oxygen atoms in total. The summed E-state index contributed by atoms with van der Waals surface area (Å²) in [6.45, 7) is 1.70. The van der Waals surface area contributed by atoms with Gasteiger partial charge in [-0.3, -0.25) is 14.9 Å². The molecule has 0 fully saturated rings. The van der Waals surface area contributed by atoms with Crippen molar-refractivity contribution in [2.75, 3.05) is 5.88 Å². The summed E-state index contributed by atoms with van der Waals surface area (Å²) in [5.74, 6) is -0.311. The van der Waals surface area contributed by atoms with Gasteiger partial charge in [0.15, 0.2) is 0 Å². The third-order valence-corrected chi connectivity index (χ3v) is 2.71. The van der Waals surface area contributed by atoms with Gasteiger partial charge in [-0.05, 0) is 19.1 Å². The van der Waals surface area contributed by atoms with E-state index in [2.05, 4.69) is 5.32 Å². The van der Waals surface area contributed by atoms with E-state index in [0.717, 1.165) is 6.07 Å². The molecule has 0 radical (unpaired) electrons. The van der Waals surface area contributed by atoms with E-state index in [4.69, 9.17) is 23.2 Å². The maximum Gasteiger partial charge on any atom is 0.283 e. The van der Waals surface area contributed by atoms with Crippen LogP contribution in [0.5, 0.6) is 0 Å². The Morgan fingerprint density at radius 2 is 2.24 bits per heavy atom. The second kappa shape index (κ2) is 5.84. The summed E-state index contributed by atoms with van der Waals surface area (Å²) in [6.07, 6.45) is 0. The standard InChI is InChI=1S/C10H10Cl2N2O3/c1-6(5-11)13-10(15)8-3-2-7(12)4-9(8)14(16)17/h2-4,6H,5H2,1H3,(H,13,15). The van der Waals surface area contributed by atoms with Gasteiger partial charge in [0.1, 0.15) is 5.56 Å². The van der Waals surface area contributed by atoms with Crippen LogP contribution in [-0.2, 0) is 0 Å². The molecule has 92 valence electrons. The van der Waals surface area contributed by atoms with Gasteiger partial charge in [0.2, 0.25) is 0 Å². The van der Waals surface area contributed by atoms with Crippen LogP contribution in [0.3, 0.4) is 0 Å². The predicted molar refractivity (Wildman–Crippen MR) is 65.8 cm³/mol. The molecule has 0 aliphatic rings. The van der Waals surface area contributed by atoms with Gasteiger partial charge in [-0.15, -0.1) is 11.6 Å². The largest absolute Gasteiger partial charge is 0.348 e. The number of nitro groups is 1. The van der Waals surface area contributed by atoms with Crippen molar-refractivity contribution in [2.45, 2.75) is 13.0 Å². The number of benzene rings is 1. The first-order valence-electron chi connectivity index (χ1n) is 4.76. The van der Waals surface area contributed by atoms with E-state index < -0.39 is 10.8 Å². The number of nitro benzene ring substituents is 1. The molecule has 1 aromatic carbocycles. The zero-order valence-corrected chi connectivity index (χ0v) is 10.5. The average Bonchev–Trinajstić information content (AvgIpc) is 2.28. The van der Waals surface area contributed by atoms with Crippen molar-refractivity contribution >= 4 is 34.8 Å². The molecule has 0 aliphatic carbocycles. The van der Waals surface area contributed by atoms with Crippen molar-refractivity contribution < 1.29 is 9.72 Å². The van der Waals surface area contributed by atoms with Crippen LogP contribution < -0.4 is 5.32 Å². The Labute approximate surface area is 108 Å². The van der Waals surface area contributed by atoms with E-state index in [-0.39, 0.29) is 28.2 Å². The first-order chi connectivity index (χ1) is 7.95. The molecule has 0 bridgehead atoms. The van der Waals surface area contributed by atoms with E-state index in [9.17, 15) is 14.9 Å². The highest BCUT2D eigenvalue weighted by molar-refractivity contribution is 6.31. The number of nitrogens with zero attached hydrogens (tertiary/aromatic N) is 1. The zero-order valence-electron chi connectivity index (χ0n) is 8.94. The lowest BCUT2D eigenvalue weighted by atomic mass is 10.1. The van der Waals surface area contributed by atoms with Crippen molar-refractivity contribution in [3.05, 3.63) is 38.9 Å². The monoisotopic (exact) mass is 276 g/mol. The van der Waals surface area contributed by atoms with Gasteiger partial charge >= 0.3 is 0 Å². The van der Waals surface area contributed by atoms with Crippen LogP contribution in [0.1, 0.15) is 17.3 Å². The van der Waals surface area contributed by atoms with Crippen LogP contribution in [0.15, 0.2) is 18.2 Å². The van der Waals surface area contributed by atoms with Crippen molar-refractivity contribution in [2.24, 2.45) is 0 Å². The van der Waals surface area contributed by atoms with Crippen LogP contribution in [0, 0.1) is 10.1 Å². The summed E-state index contributed by atoms with van der Waals surface area (Å²) in [4.78, 5) is 21.9. The fourth-order valence-corrected chi connectivity index (χ4v) is 1.43. The smallest absolute Gasteiger partial charge is 0.283 e. The van der Waals surface area contributed by atoms with Gasteiger partial charge in [0.25, 0.3) is 11.6 Å². The maximum absolute atomic E-state index is 11.7. The Hall–Kier alpha value is -1.33. The Bertz CT molecular complexity index is 451. The molecule has 1 atom stereocenters. The Kier molecular flexibility index (Phi) is 4.72. The van der Waals surface area contributed by atoms with Gasteiger partial charge in [-0.1, -0.05) is 11.6 Å². The van der Waals surface area contributed by atoms with Crippen molar-refractivity contribution in [3.8, 4) is 0 Å². The summed E-state index contributed by atoms with van der Waals surface area (Å²) < 4.78 is 0. The number of hydrogen-bond acceptors (Lipinski definition) is 3. The summed E-state index contributed by atoms with van der Waals surface area (Å²) in [6, 6.07) is 3.62. The third kappa shape index (κ3) is 3.57. The van der Waals surface area contributed by atoms with Gasteiger partial charge in [0.05, 0.1) is 4.92 Å². The molecule has 17 heavy (non-hydrogen) atoms. The first-order valence-corrected chi connectivity index (χ1v) is 5.67.